The van der Waals surface area contributed by atoms with E-state index in [9.17, 15) is 8.78 Å². The zero-order chi connectivity index (χ0) is 13.8. The summed E-state index contributed by atoms with van der Waals surface area (Å²) in [5.74, 6) is -0.0775. The lowest BCUT2D eigenvalue weighted by Gasteiger charge is -2.11. The van der Waals surface area contributed by atoms with Gasteiger partial charge in [0.25, 0.3) is 12.4 Å². The SMILES string of the molecule is Nc1nc(NCC(O)C(F)F)nc(-n2cncn2)n1. The molecule has 1 atom stereocenters. The van der Waals surface area contributed by atoms with E-state index in [0.717, 1.165) is 0 Å². The Labute approximate surface area is 105 Å². The van der Waals surface area contributed by atoms with E-state index in [2.05, 4.69) is 30.4 Å². The predicted octanol–water partition coefficient (Wildman–Crippen LogP) is -0.928. The summed E-state index contributed by atoms with van der Waals surface area (Å²) in [5.41, 5.74) is 5.46. The van der Waals surface area contributed by atoms with Crippen LogP contribution in [0.5, 0.6) is 0 Å². The molecule has 19 heavy (non-hydrogen) atoms. The second-order valence-electron chi connectivity index (χ2n) is 3.44. The van der Waals surface area contributed by atoms with Gasteiger partial charge in [-0.25, -0.2) is 13.8 Å². The van der Waals surface area contributed by atoms with E-state index in [1.807, 2.05) is 0 Å². The monoisotopic (exact) mass is 272 g/mol. The van der Waals surface area contributed by atoms with Crippen LogP contribution >= 0.6 is 0 Å². The van der Waals surface area contributed by atoms with E-state index < -0.39 is 19.1 Å². The number of nitrogens with zero attached hydrogens (tertiary/aromatic N) is 6. The van der Waals surface area contributed by atoms with Gasteiger partial charge in [0.2, 0.25) is 11.9 Å². The molecule has 0 fully saturated rings. The van der Waals surface area contributed by atoms with Gasteiger partial charge in [-0.3, -0.25) is 0 Å². The number of anilines is 2. The van der Waals surface area contributed by atoms with Crippen molar-refractivity contribution in [3.8, 4) is 5.95 Å². The van der Waals surface area contributed by atoms with Crippen LogP contribution in [0.4, 0.5) is 20.7 Å². The van der Waals surface area contributed by atoms with Crippen LogP contribution in [-0.4, -0.2) is 53.9 Å². The molecule has 2 heterocycles. The lowest BCUT2D eigenvalue weighted by Crippen LogP contribution is -2.27. The molecule has 0 aliphatic carbocycles. The Morgan fingerprint density at radius 1 is 1.37 bits per heavy atom. The summed E-state index contributed by atoms with van der Waals surface area (Å²) >= 11 is 0. The summed E-state index contributed by atoms with van der Waals surface area (Å²) in [5, 5.41) is 15.2. The third-order valence-corrected chi connectivity index (χ3v) is 2.02. The summed E-state index contributed by atoms with van der Waals surface area (Å²) in [4.78, 5) is 15.1. The van der Waals surface area contributed by atoms with Crippen molar-refractivity contribution in [3.05, 3.63) is 12.7 Å². The fourth-order valence-electron chi connectivity index (χ4n) is 1.16. The first-order valence-corrected chi connectivity index (χ1v) is 5.13. The minimum Gasteiger partial charge on any atom is -0.385 e. The molecule has 0 saturated carbocycles. The van der Waals surface area contributed by atoms with Crippen LogP contribution < -0.4 is 11.1 Å². The van der Waals surface area contributed by atoms with Crippen molar-refractivity contribution >= 4 is 11.9 Å². The predicted molar refractivity (Wildman–Crippen MR) is 59.7 cm³/mol. The van der Waals surface area contributed by atoms with Gasteiger partial charge in [0.05, 0.1) is 0 Å². The molecule has 0 aliphatic heterocycles. The van der Waals surface area contributed by atoms with E-state index in [-0.39, 0.29) is 17.8 Å². The highest BCUT2D eigenvalue weighted by Crippen LogP contribution is 2.07. The third kappa shape index (κ3) is 3.28. The first kappa shape index (κ1) is 13.0. The number of alkyl halides is 2. The maximum absolute atomic E-state index is 12.1. The third-order valence-electron chi connectivity index (χ3n) is 2.02. The number of nitrogen functional groups attached to an aromatic ring is 1. The Balaban J connectivity index is 2.13. The molecular formula is C8H10F2N8O. The molecular weight excluding hydrogens is 262 g/mol. The topological polar surface area (TPSA) is 128 Å². The van der Waals surface area contributed by atoms with E-state index in [1.54, 1.807) is 0 Å². The molecule has 11 heteroatoms. The normalized spacial score (nSPS) is 12.6. The summed E-state index contributed by atoms with van der Waals surface area (Å²) in [7, 11) is 0. The van der Waals surface area contributed by atoms with Crippen molar-refractivity contribution < 1.29 is 13.9 Å². The highest BCUT2D eigenvalue weighted by molar-refractivity contribution is 5.34. The van der Waals surface area contributed by atoms with Crippen LogP contribution in [-0.2, 0) is 0 Å². The van der Waals surface area contributed by atoms with Crippen molar-refractivity contribution in [2.75, 3.05) is 17.6 Å². The number of aliphatic hydroxyl groups excluding tert-OH is 1. The molecule has 4 N–H and O–H groups in total. The fourth-order valence-corrected chi connectivity index (χ4v) is 1.16. The number of rotatable bonds is 5. The number of hydrogen-bond acceptors (Lipinski definition) is 8. The second kappa shape index (κ2) is 5.48. The van der Waals surface area contributed by atoms with Crippen LogP contribution in [0, 0.1) is 0 Å². The fraction of sp³-hybridized carbons (Fsp3) is 0.375. The molecule has 2 aromatic rings. The number of aromatic nitrogens is 6. The first-order chi connectivity index (χ1) is 9.06. The van der Waals surface area contributed by atoms with Crippen molar-refractivity contribution in [1.82, 2.24) is 29.7 Å². The summed E-state index contributed by atoms with van der Waals surface area (Å²) in [6.45, 7) is -0.419. The molecule has 102 valence electrons. The summed E-state index contributed by atoms with van der Waals surface area (Å²) < 4.78 is 25.5. The Kier molecular flexibility index (Phi) is 3.75. The lowest BCUT2D eigenvalue weighted by molar-refractivity contribution is 0.00376. The largest absolute Gasteiger partial charge is 0.385 e. The van der Waals surface area contributed by atoms with Crippen LogP contribution in [0.25, 0.3) is 5.95 Å². The van der Waals surface area contributed by atoms with Gasteiger partial charge in [-0.2, -0.15) is 24.7 Å². The lowest BCUT2D eigenvalue weighted by atomic mass is 10.4. The quantitative estimate of drug-likeness (QED) is 0.637. The highest BCUT2D eigenvalue weighted by atomic mass is 19.3. The minimum atomic E-state index is -2.86. The van der Waals surface area contributed by atoms with Crippen molar-refractivity contribution in [2.45, 2.75) is 12.5 Å². The highest BCUT2D eigenvalue weighted by Gasteiger charge is 2.17. The average molecular weight is 272 g/mol. The Bertz CT molecular complexity index is 534. The van der Waals surface area contributed by atoms with Gasteiger partial charge in [-0.1, -0.05) is 0 Å². The number of nitrogens with two attached hydrogens (primary N) is 1. The zero-order valence-electron chi connectivity index (χ0n) is 9.48. The molecule has 0 saturated heterocycles. The molecule has 0 radical (unpaired) electrons. The molecule has 0 bridgehead atoms. The van der Waals surface area contributed by atoms with Crippen LogP contribution in [0.2, 0.25) is 0 Å². The van der Waals surface area contributed by atoms with Gasteiger partial charge in [0.1, 0.15) is 18.8 Å². The Morgan fingerprint density at radius 2 is 2.16 bits per heavy atom. The van der Waals surface area contributed by atoms with E-state index >= 15 is 0 Å². The van der Waals surface area contributed by atoms with E-state index in [4.69, 9.17) is 10.8 Å². The number of hydrogen-bond donors (Lipinski definition) is 3. The maximum Gasteiger partial charge on any atom is 0.265 e. The second-order valence-corrected chi connectivity index (χ2v) is 3.44. The zero-order valence-corrected chi connectivity index (χ0v) is 9.48. The van der Waals surface area contributed by atoms with Gasteiger partial charge < -0.3 is 16.2 Å². The number of halogens is 2. The molecule has 0 spiro atoms. The minimum absolute atomic E-state index is 0.0438. The Hall–Kier alpha value is -2.43. The van der Waals surface area contributed by atoms with Gasteiger partial charge in [-0.15, -0.1) is 0 Å². The van der Waals surface area contributed by atoms with Gasteiger partial charge in [0.15, 0.2) is 0 Å². The molecule has 0 aliphatic rings. The number of aliphatic hydroxyl groups is 1. The summed E-state index contributed by atoms with van der Waals surface area (Å²) in [6, 6.07) is 0. The van der Waals surface area contributed by atoms with Crippen LogP contribution in [0.3, 0.4) is 0 Å². The van der Waals surface area contributed by atoms with Crippen LogP contribution in [0.15, 0.2) is 12.7 Å². The van der Waals surface area contributed by atoms with E-state index in [1.165, 1.54) is 17.3 Å². The molecule has 0 aromatic carbocycles. The standard InChI is InChI=1S/C8H10F2N8O/c9-5(10)4(19)1-13-7-15-6(11)16-8(17-7)18-3-12-2-14-18/h2-5,19H,1H2,(H3,11,13,15,16,17). The van der Waals surface area contributed by atoms with E-state index in [0.29, 0.717) is 0 Å². The molecule has 2 aromatic heterocycles. The smallest absolute Gasteiger partial charge is 0.265 e. The Morgan fingerprint density at radius 3 is 2.79 bits per heavy atom. The molecule has 1 unspecified atom stereocenters. The molecule has 0 amide bonds. The maximum atomic E-state index is 12.1. The summed E-state index contributed by atoms with van der Waals surface area (Å²) in [6.07, 6.45) is -2.07. The van der Waals surface area contributed by atoms with Crippen LogP contribution in [0.1, 0.15) is 0 Å². The molecule has 2 rings (SSSR count). The van der Waals surface area contributed by atoms with Gasteiger partial charge in [-0.05, 0) is 0 Å². The first-order valence-electron chi connectivity index (χ1n) is 5.13. The molecule has 9 nitrogen and oxygen atoms in total. The van der Waals surface area contributed by atoms with Crippen molar-refractivity contribution in [3.63, 3.8) is 0 Å². The van der Waals surface area contributed by atoms with Gasteiger partial charge >= 0.3 is 0 Å². The van der Waals surface area contributed by atoms with Crippen molar-refractivity contribution in [1.29, 1.82) is 0 Å². The number of nitrogens with one attached hydrogen (secondary N) is 1. The van der Waals surface area contributed by atoms with Gasteiger partial charge in [0, 0.05) is 6.54 Å². The average Bonchev–Trinajstić information content (AvgIpc) is 2.89. The van der Waals surface area contributed by atoms with Crippen molar-refractivity contribution in [2.24, 2.45) is 0 Å².